The van der Waals surface area contributed by atoms with Gasteiger partial charge < -0.3 is 14.6 Å². The highest BCUT2D eigenvalue weighted by atomic mass is 16.6. The van der Waals surface area contributed by atoms with Crippen molar-refractivity contribution in [1.82, 2.24) is 0 Å². The average Bonchev–Trinajstić information content (AvgIpc) is 2.79. The van der Waals surface area contributed by atoms with Crippen molar-refractivity contribution in [3.63, 3.8) is 0 Å². The summed E-state index contributed by atoms with van der Waals surface area (Å²) in [5, 5.41) is 10.4. The molecule has 2 heterocycles. The molecule has 0 aromatic heterocycles. The maximum absolute atomic E-state index is 11.8. The van der Waals surface area contributed by atoms with Gasteiger partial charge in [-0.25, -0.2) is 4.79 Å². The van der Waals surface area contributed by atoms with E-state index in [1.54, 1.807) is 0 Å². The molecule has 2 aliphatic carbocycles. The molecular formula is C15H18O4. The smallest absolute Gasteiger partial charge is 0.334 e. The van der Waals surface area contributed by atoms with Crippen molar-refractivity contribution in [2.75, 3.05) is 0 Å². The molecule has 0 bridgehead atoms. The van der Waals surface area contributed by atoms with Gasteiger partial charge in [0.1, 0.15) is 6.10 Å². The van der Waals surface area contributed by atoms with E-state index in [-0.39, 0.29) is 41.5 Å². The summed E-state index contributed by atoms with van der Waals surface area (Å²) in [5.74, 6) is -0.283. The van der Waals surface area contributed by atoms with E-state index in [1.165, 1.54) is 0 Å². The van der Waals surface area contributed by atoms with Crippen LogP contribution in [-0.4, -0.2) is 35.0 Å². The number of carbonyl (C=O) groups excluding carboxylic acids is 1. The Hall–Kier alpha value is -1.13. The summed E-state index contributed by atoms with van der Waals surface area (Å²) in [7, 11) is 0. The van der Waals surface area contributed by atoms with Gasteiger partial charge in [0.05, 0.1) is 23.7 Å². The van der Waals surface area contributed by atoms with Gasteiger partial charge in [0.15, 0.2) is 0 Å². The predicted molar refractivity (Wildman–Crippen MR) is 67.1 cm³/mol. The van der Waals surface area contributed by atoms with Gasteiger partial charge in [-0.1, -0.05) is 18.7 Å². The number of aliphatic hydroxyl groups excluding tert-OH is 1. The van der Waals surface area contributed by atoms with Crippen LogP contribution in [0.1, 0.15) is 19.8 Å². The van der Waals surface area contributed by atoms with Crippen LogP contribution in [-0.2, 0) is 14.3 Å². The molecule has 2 aliphatic heterocycles. The minimum atomic E-state index is -0.622. The zero-order valence-electron chi connectivity index (χ0n) is 11.0. The second kappa shape index (κ2) is 3.30. The van der Waals surface area contributed by atoms with E-state index in [9.17, 15) is 9.90 Å². The zero-order chi connectivity index (χ0) is 13.5. The van der Waals surface area contributed by atoms with Gasteiger partial charge in [-0.15, -0.1) is 0 Å². The van der Waals surface area contributed by atoms with Crippen LogP contribution in [0.4, 0.5) is 0 Å². The number of hydrogen-bond donors (Lipinski definition) is 1. The first-order chi connectivity index (χ1) is 8.93. The lowest BCUT2D eigenvalue weighted by atomic mass is 9.78. The highest BCUT2D eigenvalue weighted by Gasteiger charge is 2.71. The second-order valence-corrected chi connectivity index (χ2v) is 6.51. The lowest BCUT2D eigenvalue weighted by Gasteiger charge is -2.30. The minimum absolute atomic E-state index is 0.107. The van der Waals surface area contributed by atoms with Gasteiger partial charge >= 0.3 is 5.97 Å². The molecule has 4 nitrogen and oxygen atoms in total. The number of aliphatic hydroxyl groups is 1. The zero-order valence-corrected chi connectivity index (χ0v) is 11.0. The summed E-state index contributed by atoms with van der Waals surface area (Å²) in [5.41, 5.74) is 1.25. The van der Waals surface area contributed by atoms with Gasteiger partial charge in [-0.05, 0) is 25.7 Å². The van der Waals surface area contributed by atoms with Crippen LogP contribution in [0.15, 0.2) is 24.3 Å². The summed E-state index contributed by atoms with van der Waals surface area (Å²) in [6.07, 6.45) is 0.781. The molecule has 1 N–H and O–H groups in total. The molecule has 2 saturated heterocycles. The largest absolute Gasteiger partial charge is 0.458 e. The van der Waals surface area contributed by atoms with Crippen molar-refractivity contribution in [2.24, 2.45) is 17.8 Å². The van der Waals surface area contributed by atoms with Gasteiger partial charge in [-0.2, -0.15) is 0 Å². The Morgan fingerprint density at radius 1 is 1.42 bits per heavy atom. The van der Waals surface area contributed by atoms with Crippen LogP contribution in [0.5, 0.6) is 0 Å². The Kier molecular flexibility index (Phi) is 2.03. The topological polar surface area (TPSA) is 59.1 Å². The van der Waals surface area contributed by atoms with Crippen LogP contribution in [0, 0.1) is 17.8 Å². The molecule has 2 saturated carbocycles. The number of fused-ring (bicyclic) bond motifs is 5. The lowest BCUT2D eigenvalue weighted by molar-refractivity contribution is -0.143. The van der Waals surface area contributed by atoms with Crippen LogP contribution >= 0.6 is 0 Å². The lowest BCUT2D eigenvalue weighted by Crippen LogP contribution is -2.39. The number of ether oxygens (including phenoxy) is 2. The first-order valence-electron chi connectivity index (χ1n) is 6.87. The third-order valence-electron chi connectivity index (χ3n) is 5.57. The monoisotopic (exact) mass is 262 g/mol. The van der Waals surface area contributed by atoms with Gasteiger partial charge in [0.2, 0.25) is 0 Å². The molecule has 0 aromatic carbocycles. The number of carbonyl (C=O) groups is 1. The molecule has 4 heteroatoms. The van der Waals surface area contributed by atoms with Gasteiger partial charge in [0, 0.05) is 11.5 Å². The highest BCUT2D eigenvalue weighted by Crippen LogP contribution is 2.63. The Morgan fingerprint density at radius 3 is 2.89 bits per heavy atom. The van der Waals surface area contributed by atoms with Crippen LogP contribution < -0.4 is 0 Å². The second-order valence-electron chi connectivity index (χ2n) is 6.51. The van der Waals surface area contributed by atoms with Gasteiger partial charge in [-0.3, -0.25) is 0 Å². The molecule has 4 aliphatic rings. The number of epoxide rings is 1. The first-order valence-corrected chi connectivity index (χ1v) is 6.87. The van der Waals surface area contributed by atoms with Crippen molar-refractivity contribution in [2.45, 2.75) is 43.7 Å². The summed E-state index contributed by atoms with van der Waals surface area (Å²) in [6, 6.07) is 0. The molecular weight excluding hydrogens is 244 g/mol. The summed E-state index contributed by atoms with van der Waals surface area (Å²) in [4.78, 5) is 11.8. The van der Waals surface area contributed by atoms with E-state index in [0.717, 1.165) is 12.0 Å². The molecule has 7 atom stereocenters. The van der Waals surface area contributed by atoms with E-state index >= 15 is 0 Å². The Morgan fingerprint density at radius 2 is 2.16 bits per heavy atom. The number of rotatable bonds is 0. The Balaban J connectivity index is 1.80. The molecule has 0 radical (unpaired) electrons. The van der Waals surface area contributed by atoms with Gasteiger partial charge in [0.25, 0.3) is 0 Å². The summed E-state index contributed by atoms with van der Waals surface area (Å²) < 4.78 is 11.3. The SMILES string of the molecule is C=C1C(=O)O[C@H]2[C@H]1[C@@H](O)CC(=C)[C@@H]1C[C@H]3O[C@@]3(C)[C@H]21. The average molecular weight is 262 g/mol. The van der Waals surface area contributed by atoms with Crippen molar-refractivity contribution in [1.29, 1.82) is 0 Å². The van der Waals surface area contributed by atoms with E-state index in [1.807, 2.05) is 0 Å². The van der Waals surface area contributed by atoms with Crippen molar-refractivity contribution in [3.8, 4) is 0 Å². The molecule has 4 fully saturated rings. The first kappa shape index (κ1) is 11.7. The standard InChI is InChI=1S/C15H18O4/c1-6-4-9(16)11-7(2)14(17)18-13(11)12-8(6)5-10-15(12,3)19-10/h8-13,16H,1-2,4-5H2,3H3/t8-,9-,10+,11+,12-,13-,15+/m0/s1. The fraction of sp³-hybridized carbons (Fsp3) is 0.667. The highest BCUT2D eigenvalue weighted by molar-refractivity contribution is 5.91. The third-order valence-corrected chi connectivity index (χ3v) is 5.57. The third kappa shape index (κ3) is 1.29. The predicted octanol–water partition coefficient (Wildman–Crippen LogP) is 1.20. The van der Waals surface area contributed by atoms with E-state index in [4.69, 9.17) is 9.47 Å². The Bertz CT molecular complexity index is 510. The molecule has 19 heavy (non-hydrogen) atoms. The maximum atomic E-state index is 11.8. The summed E-state index contributed by atoms with van der Waals surface area (Å²) in [6.45, 7) is 10.0. The van der Waals surface area contributed by atoms with Crippen LogP contribution in [0.3, 0.4) is 0 Å². The summed E-state index contributed by atoms with van der Waals surface area (Å²) >= 11 is 0. The minimum Gasteiger partial charge on any atom is -0.458 e. The van der Waals surface area contributed by atoms with Crippen molar-refractivity contribution < 1.29 is 19.4 Å². The number of esters is 1. The molecule has 102 valence electrons. The fourth-order valence-corrected chi connectivity index (χ4v) is 4.50. The maximum Gasteiger partial charge on any atom is 0.334 e. The quantitative estimate of drug-likeness (QED) is 0.308. The number of hydrogen-bond acceptors (Lipinski definition) is 4. The van der Waals surface area contributed by atoms with E-state index in [2.05, 4.69) is 20.1 Å². The molecule has 0 amide bonds. The molecule has 0 unspecified atom stereocenters. The van der Waals surface area contributed by atoms with E-state index < -0.39 is 6.10 Å². The van der Waals surface area contributed by atoms with Crippen LogP contribution in [0.2, 0.25) is 0 Å². The fourth-order valence-electron chi connectivity index (χ4n) is 4.50. The van der Waals surface area contributed by atoms with Crippen LogP contribution in [0.25, 0.3) is 0 Å². The van der Waals surface area contributed by atoms with E-state index in [0.29, 0.717) is 12.0 Å². The molecule has 0 aromatic rings. The molecule has 4 rings (SSSR count). The Labute approximate surface area is 112 Å². The molecule has 0 spiro atoms. The normalized spacial score (nSPS) is 55.2. The van der Waals surface area contributed by atoms with Crippen molar-refractivity contribution >= 4 is 5.97 Å². The van der Waals surface area contributed by atoms with Crippen molar-refractivity contribution in [3.05, 3.63) is 24.3 Å².